The zero-order valence-electron chi connectivity index (χ0n) is 11.8. The fraction of sp³-hybridized carbons (Fsp3) is 0.857. The number of allylic oxidation sites excluding steroid dienone is 1. The molecule has 1 atom stereocenters. The van der Waals surface area contributed by atoms with Gasteiger partial charge in [-0.15, -0.1) is 0 Å². The summed E-state index contributed by atoms with van der Waals surface area (Å²) in [5.41, 5.74) is 0. The molecule has 0 saturated heterocycles. The third-order valence-electron chi connectivity index (χ3n) is 3.27. The minimum Gasteiger partial charge on any atom is -0.497 e. The summed E-state index contributed by atoms with van der Waals surface area (Å²) in [6.07, 6.45) is 6.59. The van der Waals surface area contributed by atoms with Crippen LogP contribution >= 0.6 is 0 Å². The molecule has 1 heterocycles. The second-order valence-electron chi connectivity index (χ2n) is 5.34. The molecule has 3 heteroatoms. The second-order valence-corrected chi connectivity index (χ2v) is 5.34. The summed E-state index contributed by atoms with van der Waals surface area (Å²) in [7, 11) is 0. The van der Waals surface area contributed by atoms with Gasteiger partial charge in [-0.1, -0.05) is 0 Å². The molecule has 0 bridgehead atoms. The van der Waals surface area contributed by atoms with Gasteiger partial charge in [0.05, 0.1) is 6.26 Å². The normalized spacial score (nSPS) is 20.3. The Morgan fingerprint density at radius 1 is 1.29 bits per heavy atom. The molecule has 0 fully saturated rings. The quantitative estimate of drug-likeness (QED) is 0.692. The maximum atomic E-state index is 5.52. The topological polar surface area (TPSA) is 24.5 Å². The van der Waals surface area contributed by atoms with E-state index in [1.165, 1.54) is 0 Å². The van der Waals surface area contributed by atoms with Gasteiger partial charge in [-0.2, -0.15) is 0 Å². The molecule has 1 N–H and O–H groups in total. The van der Waals surface area contributed by atoms with Gasteiger partial charge in [-0.25, -0.2) is 0 Å². The first kappa shape index (κ1) is 14.5. The smallest absolute Gasteiger partial charge is 0.110 e. The van der Waals surface area contributed by atoms with E-state index < -0.39 is 0 Å². The number of ether oxygens (including phenoxy) is 1. The lowest BCUT2D eigenvalue weighted by Crippen LogP contribution is -2.42. The van der Waals surface area contributed by atoms with Crippen LogP contribution in [-0.2, 0) is 4.74 Å². The highest BCUT2D eigenvalue weighted by Crippen LogP contribution is 2.09. The first-order chi connectivity index (χ1) is 8.11. The number of rotatable bonds is 7. The minimum atomic E-state index is 0.367. The van der Waals surface area contributed by atoms with E-state index in [0.29, 0.717) is 18.2 Å². The van der Waals surface area contributed by atoms with Crippen molar-refractivity contribution in [1.82, 2.24) is 10.2 Å². The zero-order valence-corrected chi connectivity index (χ0v) is 11.8. The largest absolute Gasteiger partial charge is 0.497 e. The van der Waals surface area contributed by atoms with Gasteiger partial charge in [0.1, 0.15) is 6.10 Å². The van der Waals surface area contributed by atoms with E-state index in [2.05, 4.69) is 44.0 Å². The van der Waals surface area contributed by atoms with Gasteiger partial charge in [-0.3, -0.25) is 4.90 Å². The highest BCUT2D eigenvalue weighted by Gasteiger charge is 2.13. The van der Waals surface area contributed by atoms with Crippen molar-refractivity contribution in [3.05, 3.63) is 12.3 Å². The van der Waals surface area contributed by atoms with E-state index in [4.69, 9.17) is 4.74 Å². The molecule has 3 nitrogen and oxygen atoms in total. The van der Waals surface area contributed by atoms with Crippen LogP contribution in [0.25, 0.3) is 0 Å². The lowest BCUT2D eigenvalue weighted by molar-refractivity contribution is 0.118. The van der Waals surface area contributed by atoms with Gasteiger partial charge in [0.2, 0.25) is 0 Å². The fourth-order valence-corrected chi connectivity index (χ4v) is 2.32. The molecule has 0 spiro atoms. The molecule has 0 aromatic carbocycles. The van der Waals surface area contributed by atoms with Gasteiger partial charge in [0.15, 0.2) is 0 Å². The lowest BCUT2D eigenvalue weighted by atomic mass is 10.1. The van der Waals surface area contributed by atoms with Crippen molar-refractivity contribution in [2.75, 3.05) is 19.6 Å². The molecular formula is C14H28N2O. The summed E-state index contributed by atoms with van der Waals surface area (Å²) >= 11 is 0. The molecule has 1 unspecified atom stereocenters. The van der Waals surface area contributed by atoms with Crippen LogP contribution in [0.5, 0.6) is 0 Å². The van der Waals surface area contributed by atoms with Gasteiger partial charge in [0.25, 0.3) is 0 Å². The van der Waals surface area contributed by atoms with Crippen molar-refractivity contribution in [1.29, 1.82) is 0 Å². The first-order valence-corrected chi connectivity index (χ1v) is 6.88. The molecular weight excluding hydrogens is 212 g/mol. The highest BCUT2D eigenvalue weighted by atomic mass is 16.5. The molecule has 1 aliphatic rings. The number of nitrogens with zero attached hydrogens (tertiary/aromatic N) is 1. The Hall–Kier alpha value is -0.540. The Balaban J connectivity index is 2.11. The van der Waals surface area contributed by atoms with Gasteiger partial charge < -0.3 is 10.1 Å². The van der Waals surface area contributed by atoms with Crippen molar-refractivity contribution >= 4 is 0 Å². The van der Waals surface area contributed by atoms with Gasteiger partial charge >= 0.3 is 0 Å². The fourth-order valence-electron chi connectivity index (χ4n) is 2.32. The Morgan fingerprint density at radius 2 is 2.00 bits per heavy atom. The Labute approximate surface area is 106 Å². The van der Waals surface area contributed by atoms with Crippen molar-refractivity contribution in [2.45, 2.75) is 58.7 Å². The molecule has 0 radical (unpaired) electrons. The van der Waals surface area contributed by atoms with Crippen molar-refractivity contribution in [3.8, 4) is 0 Å². The molecule has 0 aromatic rings. The summed E-state index contributed by atoms with van der Waals surface area (Å²) in [5.74, 6) is 0. The molecule has 0 amide bonds. The Bertz CT molecular complexity index is 218. The SMILES string of the molecule is CC(C)N(CCNCC1CCC=CO1)C(C)C. The molecule has 100 valence electrons. The lowest BCUT2D eigenvalue weighted by Gasteiger charge is -2.30. The van der Waals surface area contributed by atoms with E-state index >= 15 is 0 Å². The van der Waals surface area contributed by atoms with Crippen LogP contribution in [0, 0.1) is 0 Å². The summed E-state index contributed by atoms with van der Waals surface area (Å²) in [5, 5.41) is 3.49. The van der Waals surface area contributed by atoms with Crippen LogP contribution in [0.15, 0.2) is 12.3 Å². The van der Waals surface area contributed by atoms with E-state index in [1.807, 2.05) is 6.26 Å². The third-order valence-corrected chi connectivity index (χ3v) is 3.27. The second kappa shape index (κ2) is 7.72. The minimum absolute atomic E-state index is 0.367. The predicted octanol–water partition coefficient (Wildman–Crippen LogP) is 2.39. The average Bonchev–Trinajstić information content (AvgIpc) is 2.29. The van der Waals surface area contributed by atoms with E-state index in [1.54, 1.807) is 0 Å². The number of hydrogen-bond acceptors (Lipinski definition) is 3. The van der Waals surface area contributed by atoms with Gasteiger partial charge in [-0.05, 0) is 46.6 Å². The third kappa shape index (κ3) is 5.55. The van der Waals surface area contributed by atoms with Crippen LogP contribution in [-0.4, -0.2) is 42.7 Å². The zero-order chi connectivity index (χ0) is 12.7. The van der Waals surface area contributed by atoms with Crippen molar-refractivity contribution in [3.63, 3.8) is 0 Å². The highest BCUT2D eigenvalue weighted by molar-refractivity contribution is 4.83. The molecule has 0 aromatic heterocycles. The molecule has 17 heavy (non-hydrogen) atoms. The van der Waals surface area contributed by atoms with Crippen LogP contribution in [0.1, 0.15) is 40.5 Å². The standard InChI is InChI=1S/C14H28N2O/c1-12(2)16(13(3)4)9-8-15-11-14-7-5-6-10-17-14/h6,10,12-15H,5,7-9,11H2,1-4H3. The predicted molar refractivity (Wildman–Crippen MR) is 73.1 cm³/mol. The van der Waals surface area contributed by atoms with Crippen LogP contribution in [0.3, 0.4) is 0 Å². The molecule has 1 aliphatic heterocycles. The van der Waals surface area contributed by atoms with E-state index in [0.717, 1.165) is 32.5 Å². The Kier molecular flexibility index (Phi) is 6.60. The maximum absolute atomic E-state index is 5.52. The Morgan fingerprint density at radius 3 is 2.53 bits per heavy atom. The molecule has 1 rings (SSSR count). The van der Waals surface area contributed by atoms with E-state index in [-0.39, 0.29) is 0 Å². The van der Waals surface area contributed by atoms with Crippen LogP contribution in [0.2, 0.25) is 0 Å². The van der Waals surface area contributed by atoms with Crippen LogP contribution < -0.4 is 5.32 Å². The monoisotopic (exact) mass is 240 g/mol. The summed E-state index contributed by atoms with van der Waals surface area (Å²) in [6, 6.07) is 1.23. The summed E-state index contributed by atoms with van der Waals surface area (Å²) < 4.78 is 5.52. The van der Waals surface area contributed by atoms with Crippen LogP contribution in [0.4, 0.5) is 0 Å². The first-order valence-electron chi connectivity index (χ1n) is 6.88. The molecule has 0 saturated carbocycles. The van der Waals surface area contributed by atoms with Gasteiger partial charge in [0, 0.05) is 31.7 Å². The summed E-state index contributed by atoms with van der Waals surface area (Å²) in [4.78, 5) is 2.51. The van der Waals surface area contributed by atoms with E-state index in [9.17, 15) is 0 Å². The number of hydrogen-bond donors (Lipinski definition) is 1. The van der Waals surface area contributed by atoms with Crippen molar-refractivity contribution < 1.29 is 4.74 Å². The molecule has 0 aliphatic carbocycles. The average molecular weight is 240 g/mol. The van der Waals surface area contributed by atoms with Crippen molar-refractivity contribution in [2.24, 2.45) is 0 Å². The maximum Gasteiger partial charge on any atom is 0.110 e. The number of nitrogens with one attached hydrogen (secondary N) is 1. The summed E-state index contributed by atoms with van der Waals surface area (Å²) in [6.45, 7) is 12.2.